The molecule has 0 amide bonds. The molecule has 1 aliphatic heterocycles. The highest BCUT2D eigenvalue weighted by atomic mass is 16.1. The number of hydrogen-bond donors (Lipinski definition) is 0. The molecule has 0 atom stereocenters. The summed E-state index contributed by atoms with van der Waals surface area (Å²) in [6, 6.07) is 0. The molecule has 0 spiro atoms. The first kappa shape index (κ1) is 11.0. The molecule has 4 nitrogen and oxygen atoms in total. The lowest BCUT2D eigenvalue weighted by atomic mass is 10.2. The molecule has 0 unspecified atom stereocenters. The monoisotopic (exact) mass is 219 g/mol. The van der Waals surface area contributed by atoms with Crippen molar-refractivity contribution < 1.29 is 4.79 Å². The van der Waals surface area contributed by atoms with E-state index in [1.165, 1.54) is 12.8 Å². The maximum absolute atomic E-state index is 11.5. The van der Waals surface area contributed by atoms with Crippen molar-refractivity contribution in [2.75, 3.05) is 18.0 Å². The fraction of sp³-hybridized carbons (Fsp3) is 0.583. The van der Waals surface area contributed by atoms with E-state index < -0.39 is 0 Å². The fourth-order valence-corrected chi connectivity index (χ4v) is 2.00. The maximum atomic E-state index is 11.5. The van der Waals surface area contributed by atoms with Crippen molar-refractivity contribution in [1.82, 2.24) is 9.97 Å². The van der Waals surface area contributed by atoms with Gasteiger partial charge in [0.15, 0.2) is 5.78 Å². The van der Waals surface area contributed by atoms with E-state index in [1.54, 1.807) is 13.1 Å². The molecule has 0 radical (unpaired) electrons. The number of Topliss-reactive ketones (excluding diaryl/α,β-unsaturated/α-hetero) is 1. The Labute approximate surface area is 95.7 Å². The van der Waals surface area contributed by atoms with Crippen molar-refractivity contribution in [2.24, 2.45) is 0 Å². The summed E-state index contributed by atoms with van der Waals surface area (Å²) in [5.74, 6) is 1.69. The van der Waals surface area contributed by atoms with Gasteiger partial charge in [0.05, 0.1) is 5.56 Å². The molecular formula is C12H17N3O. The summed E-state index contributed by atoms with van der Waals surface area (Å²) in [5.41, 5.74) is 0.652. The SMILES string of the molecule is CCc1ncc(C(C)=O)c(N2CCCC2)n1. The second kappa shape index (κ2) is 4.60. The molecule has 1 fully saturated rings. The van der Waals surface area contributed by atoms with Crippen molar-refractivity contribution in [3.05, 3.63) is 17.6 Å². The first-order valence-electron chi connectivity index (χ1n) is 5.84. The number of carbonyl (C=O) groups excluding carboxylic acids is 1. The highest BCUT2D eigenvalue weighted by Gasteiger charge is 2.19. The van der Waals surface area contributed by atoms with Gasteiger partial charge >= 0.3 is 0 Å². The van der Waals surface area contributed by atoms with E-state index in [4.69, 9.17) is 0 Å². The molecule has 0 saturated carbocycles. The number of anilines is 1. The van der Waals surface area contributed by atoms with Crippen LogP contribution >= 0.6 is 0 Å². The average molecular weight is 219 g/mol. The number of ketones is 1. The van der Waals surface area contributed by atoms with Crippen molar-refractivity contribution in [3.63, 3.8) is 0 Å². The lowest BCUT2D eigenvalue weighted by Gasteiger charge is -2.19. The van der Waals surface area contributed by atoms with Gasteiger partial charge in [-0.3, -0.25) is 4.79 Å². The lowest BCUT2D eigenvalue weighted by molar-refractivity contribution is 0.101. The van der Waals surface area contributed by atoms with Crippen molar-refractivity contribution in [2.45, 2.75) is 33.1 Å². The van der Waals surface area contributed by atoms with Gasteiger partial charge in [0, 0.05) is 25.7 Å². The predicted molar refractivity (Wildman–Crippen MR) is 62.9 cm³/mol. The van der Waals surface area contributed by atoms with Gasteiger partial charge in [0.1, 0.15) is 11.6 Å². The molecule has 16 heavy (non-hydrogen) atoms. The number of rotatable bonds is 3. The van der Waals surface area contributed by atoms with E-state index in [0.29, 0.717) is 5.56 Å². The first-order valence-corrected chi connectivity index (χ1v) is 5.84. The summed E-state index contributed by atoms with van der Waals surface area (Å²) in [4.78, 5) is 22.4. The molecule has 4 heteroatoms. The van der Waals surface area contributed by atoms with E-state index in [1.807, 2.05) is 6.92 Å². The third kappa shape index (κ3) is 2.05. The van der Waals surface area contributed by atoms with Crippen LogP contribution in [-0.2, 0) is 6.42 Å². The highest BCUT2D eigenvalue weighted by molar-refractivity contribution is 5.98. The molecule has 0 aliphatic carbocycles. The quantitative estimate of drug-likeness (QED) is 0.728. The van der Waals surface area contributed by atoms with E-state index in [9.17, 15) is 4.79 Å². The van der Waals surface area contributed by atoms with Gasteiger partial charge in [-0.25, -0.2) is 9.97 Å². The van der Waals surface area contributed by atoms with E-state index >= 15 is 0 Å². The Hall–Kier alpha value is -1.45. The number of aromatic nitrogens is 2. The van der Waals surface area contributed by atoms with Crippen LogP contribution in [0.1, 0.15) is 42.9 Å². The zero-order chi connectivity index (χ0) is 11.5. The predicted octanol–water partition coefficient (Wildman–Crippen LogP) is 1.84. The molecule has 1 aliphatic rings. The molecule has 0 aromatic carbocycles. The standard InChI is InChI=1S/C12H17N3O/c1-3-11-13-8-10(9(2)16)12(14-11)15-6-4-5-7-15/h8H,3-7H2,1-2H3. The van der Waals surface area contributed by atoms with E-state index in [0.717, 1.165) is 31.2 Å². The van der Waals surface area contributed by atoms with Gasteiger partial charge in [-0.1, -0.05) is 6.92 Å². The Morgan fingerprint density at radius 3 is 2.69 bits per heavy atom. The minimum atomic E-state index is 0.0459. The largest absolute Gasteiger partial charge is 0.356 e. The van der Waals surface area contributed by atoms with Gasteiger partial charge in [0.25, 0.3) is 0 Å². The Kier molecular flexibility index (Phi) is 3.17. The molecule has 86 valence electrons. The van der Waals surface area contributed by atoms with Crippen LogP contribution in [0.15, 0.2) is 6.20 Å². The number of carbonyl (C=O) groups is 1. The molecule has 0 bridgehead atoms. The van der Waals surface area contributed by atoms with Crippen LogP contribution in [0.4, 0.5) is 5.82 Å². The molecule has 1 saturated heterocycles. The summed E-state index contributed by atoms with van der Waals surface area (Å²) in [5, 5.41) is 0. The minimum absolute atomic E-state index is 0.0459. The van der Waals surface area contributed by atoms with Gasteiger partial charge < -0.3 is 4.90 Å². The van der Waals surface area contributed by atoms with Crippen molar-refractivity contribution >= 4 is 11.6 Å². The van der Waals surface area contributed by atoms with Crippen LogP contribution in [0.3, 0.4) is 0 Å². The van der Waals surface area contributed by atoms with Crippen LogP contribution < -0.4 is 4.90 Å². The topological polar surface area (TPSA) is 46.1 Å². The molecule has 2 heterocycles. The summed E-state index contributed by atoms with van der Waals surface area (Å²) < 4.78 is 0. The normalized spacial score (nSPS) is 15.5. The number of aryl methyl sites for hydroxylation is 1. The van der Waals surface area contributed by atoms with E-state index in [2.05, 4.69) is 14.9 Å². The molecule has 0 N–H and O–H groups in total. The molecular weight excluding hydrogens is 202 g/mol. The summed E-state index contributed by atoms with van der Waals surface area (Å²) in [6.07, 6.45) is 4.84. The van der Waals surface area contributed by atoms with Crippen LogP contribution in [0, 0.1) is 0 Å². The zero-order valence-electron chi connectivity index (χ0n) is 9.86. The smallest absolute Gasteiger partial charge is 0.165 e. The van der Waals surface area contributed by atoms with E-state index in [-0.39, 0.29) is 5.78 Å². The number of hydrogen-bond acceptors (Lipinski definition) is 4. The van der Waals surface area contributed by atoms with Crippen molar-refractivity contribution in [1.29, 1.82) is 0 Å². The average Bonchev–Trinajstić information content (AvgIpc) is 2.81. The Balaban J connectivity index is 2.40. The third-order valence-corrected chi connectivity index (χ3v) is 2.92. The van der Waals surface area contributed by atoms with Gasteiger partial charge in [-0.15, -0.1) is 0 Å². The highest BCUT2D eigenvalue weighted by Crippen LogP contribution is 2.22. The summed E-state index contributed by atoms with van der Waals surface area (Å²) in [7, 11) is 0. The van der Waals surface area contributed by atoms with Gasteiger partial charge in [-0.05, 0) is 19.8 Å². The zero-order valence-corrected chi connectivity index (χ0v) is 9.86. The van der Waals surface area contributed by atoms with Crippen molar-refractivity contribution in [3.8, 4) is 0 Å². The first-order chi connectivity index (χ1) is 7.72. The molecule has 2 rings (SSSR count). The lowest BCUT2D eigenvalue weighted by Crippen LogP contribution is -2.22. The second-order valence-corrected chi connectivity index (χ2v) is 4.13. The van der Waals surface area contributed by atoms with Crippen LogP contribution in [-0.4, -0.2) is 28.8 Å². The number of nitrogens with zero attached hydrogens (tertiary/aromatic N) is 3. The third-order valence-electron chi connectivity index (χ3n) is 2.92. The molecule has 1 aromatic heterocycles. The molecule has 1 aromatic rings. The van der Waals surface area contributed by atoms with Crippen LogP contribution in [0.25, 0.3) is 0 Å². The Morgan fingerprint density at radius 2 is 2.12 bits per heavy atom. The second-order valence-electron chi connectivity index (χ2n) is 4.13. The Bertz CT molecular complexity index is 397. The van der Waals surface area contributed by atoms with Crippen LogP contribution in [0.5, 0.6) is 0 Å². The maximum Gasteiger partial charge on any atom is 0.165 e. The fourth-order valence-electron chi connectivity index (χ4n) is 2.00. The van der Waals surface area contributed by atoms with Crippen LogP contribution in [0.2, 0.25) is 0 Å². The summed E-state index contributed by atoms with van der Waals surface area (Å²) in [6.45, 7) is 5.60. The van der Waals surface area contributed by atoms with Gasteiger partial charge in [0.2, 0.25) is 0 Å². The minimum Gasteiger partial charge on any atom is -0.356 e. The van der Waals surface area contributed by atoms with Gasteiger partial charge in [-0.2, -0.15) is 0 Å². The summed E-state index contributed by atoms with van der Waals surface area (Å²) >= 11 is 0. The Morgan fingerprint density at radius 1 is 1.44 bits per heavy atom.